The largest absolute Gasteiger partial charge is 0.481 e. The van der Waals surface area contributed by atoms with Crippen LogP contribution in [0.25, 0.3) is 0 Å². The summed E-state index contributed by atoms with van der Waals surface area (Å²) >= 11 is 0. The molecule has 1 N–H and O–H groups in total. The molecule has 1 aromatic rings. The van der Waals surface area contributed by atoms with Gasteiger partial charge in [-0.15, -0.1) is 0 Å². The van der Waals surface area contributed by atoms with Crippen molar-refractivity contribution >= 4 is 11.9 Å². The second-order valence-electron chi connectivity index (χ2n) is 5.11. The average Bonchev–Trinajstić information content (AvgIpc) is 2.89. The summed E-state index contributed by atoms with van der Waals surface area (Å²) in [6, 6.07) is 1.79. The van der Waals surface area contributed by atoms with Crippen LogP contribution in [0.4, 0.5) is 0 Å². The van der Waals surface area contributed by atoms with E-state index in [-0.39, 0.29) is 18.9 Å². The van der Waals surface area contributed by atoms with Crippen molar-refractivity contribution in [1.29, 1.82) is 0 Å². The number of carbonyl (C=O) groups excluding carboxylic acids is 1. The molecule has 1 fully saturated rings. The Balaban J connectivity index is 2.08. The fraction of sp³-hybridized carbons (Fsp3) is 0.600. The first kappa shape index (κ1) is 15.6. The van der Waals surface area contributed by atoms with E-state index >= 15 is 0 Å². The van der Waals surface area contributed by atoms with Crippen molar-refractivity contribution in [3.8, 4) is 0 Å². The molecule has 0 spiro atoms. The predicted molar refractivity (Wildman–Crippen MR) is 75.4 cm³/mol. The maximum atomic E-state index is 12.5. The maximum absolute atomic E-state index is 12.5. The molecule has 6 nitrogen and oxygen atoms in total. The van der Waals surface area contributed by atoms with Crippen LogP contribution >= 0.6 is 0 Å². The summed E-state index contributed by atoms with van der Waals surface area (Å²) in [6.45, 7) is 5.11. The summed E-state index contributed by atoms with van der Waals surface area (Å²) in [4.78, 5) is 24.8. The van der Waals surface area contributed by atoms with Crippen molar-refractivity contribution < 1.29 is 23.8 Å². The van der Waals surface area contributed by atoms with E-state index in [1.807, 2.05) is 13.8 Å². The second-order valence-corrected chi connectivity index (χ2v) is 5.11. The van der Waals surface area contributed by atoms with Crippen molar-refractivity contribution in [3.05, 3.63) is 23.2 Å². The number of aliphatic carboxylic acids is 1. The van der Waals surface area contributed by atoms with Crippen molar-refractivity contribution in [2.45, 2.75) is 39.2 Å². The van der Waals surface area contributed by atoms with Crippen LogP contribution in [-0.4, -0.2) is 47.7 Å². The van der Waals surface area contributed by atoms with E-state index in [1.54, 1.807) is 11.0 Å². The fourth-order valence-electron chi connectivity index (χ4n) is 2.55. The number of hydrogen-bond acceptors (Lipinski definition) is 4. The number of rotatable bonds is 5. The molecule has 116 valence electrons. The van der Waals surface area contributed by atoms with Gasteiger partial charge < -0.3 is 19.2 Å². The number of morpholine rings is 1. The lowest BCUT2D eigenvalue weighted by Crippen LogP contribution is -2.46. The standard InChI is InChI=1S/C15H21NO5/c1-3-10-7-13(21-12(10)4-2)15(19)16-5-6-20-11(9-16)8-14(17)18/h7,11H,3-6,8-9H2,1-2H3,(H,17,18). The Morgan fingerprint density at radius 3 is 2.71 bits per heavy atom. The molecule has 0 aromatic carbocycles. The highest BCUT2D eigenvalue weighted by Gasteiger charge is 2.28. The molecule has 1 aliphatic heterocycles. The van der Waals surface area contributed by atoms with Gasteiger partial charge in [-0.2, -0.15) is 0 Å². The Morgan fingerprint density at radius 2 is 2.14 bits per heavy atom. The van der Waals surface area contributed by atoms with E-state index in [1.165, 1.54) is 0 Å². The summed E-state index contributed by atoms with van der Waals surface area (Å²) < 4.78 is 11.0. The Hall–Kier alpha value is -1.82. The lowest BCUT2D eigenvalue weighted by molar-refractivity contribution is -0.141. The van der Waals surface area contributed by atoms with Gasteiger partial charge in [-0.05, 0) is 18.1 Å². The zero-order chi connectivity index (χ0) is 15.4. The third-order valence-electron chi connectivity index (χ3n) is 3.64. The molecule has 1 amide bonds. The summed E-state index contributed by atoms with van der Waals surface area (Å²) in [5, 5.41) is 8.81. The summed E-state index contributed by atoms with van der Waals surface area (Å²) in [5.74, 6) is 0.0628. The second kappa shape index (κ2) is 6.76. The number of furan rings is 1. The van der Waals surface area contributed by atoms with Crippen LogP contribution in [-0.2, 0) is 22.4 Å². The normalized spacial score (nSPS) is 18.8. The van der Waals surface area contributed by atoms with Crippen molar-refractivity contribution in [2.75, 3.05) is 19.7 Å². The highest BCUT2D eigenvalue weighted by molar-refractivity contribution is 5.92. The maximum Gasteiger partial charge on any atom is 0.306 e. The lowest BCUT2D eigenvalue weighted by Gasteiger charge is -2.31. The minimum Gasteiger partial charge on any atom is -0.481 e. The molecule has 1 aliphatic rings. The first-order valence-electron chi connectivity index (χ1n) is 7.29. The zero-order valence-electron chi connectivity index (χ0n) is 12.4. The Morgan fingerprint density at radius 1 is 1.38 bits per heavy atom. The Bertz CT molecular complexity index is 501. The summed E-state index contributed by atoms with van der Waals surface area (Å²) in [7, 11) is 0. The molecular weight excluding hydrogens is 274 g/mol. The molecule has 1 atom stereocenters. The highest BCUT2D eigenvalue weighted by atomic mass is 16.5. The highest BCUT2D eigenvalue weighted by Crippen LogP contribution is 2.20. The lowest BCUT2D eigenvalue weighted by atomic mass is 10.1. The molecular formula is C15H21NO5. The molecule has 6 heteroatoms. The number of aryl methyl sites for hydroxylation is 2. The van der Waals surface area contributed by atoms with E-state index in [0.29, 0.717) is 18.9 Å². The van der Waals surface area contributed by atoms with E-state index < -0.39 is 12.1 Å². The Kier molecular flexibility index (Phi) is 5.01. The number of amides is 1. The van der Waals surface area contributed by atoms with Gasteiger partial charge >= 0.3 is 5.97 Å². The molecule has 0 radical (unpaired) electrons. The minimum atomic E-state index is -0.922. The number of nitrogens with zero attached hydrogens (tertiary/aromatic N) is 1. The minimum absolute atomic E-state index is 0.0949. The van der Waals surface area contributed by atoms with Gasteiger partial charge in [-0.3, -0.25) is 9.59 Å². The molecule has 21 heavy (non-hydrogen) atoms. The van der Waals surface area contributed by atoms with Gasteiger partial charge in [0, 0.05) is 19.5 Å². The summed E-state index contributed by atoms with van der Waals surface area (Å²) in [6.07, 6.45) is 1.03. The molecule has 1 aromatic heterocycles. The van der Waals surface area contributed by atoms with E-state index in [4.69, 9.17) is 14.3 Å². The van der Waals surface area contributed by atoms with Crippen molar-refractivity contribution in [1.82, 2.24) is 4.90 Å². The van der Waals surface area contributed by atoms with Gasteiger partial charge in [0.1, 0.15) is 5.76 Å². The zero-order valence-corrected chi connectivity index (χ0v) is 12.4. The number of ether oxygens (including phenoxy) is 1. The van der Waals surface area contributed by atoms with Crippen LogP contribution in [0.5, 0.6) is 0 Å². The quantitative estimate of drug-likeness (QED) is 0.894. The topological polar surface area (TPSA) is 80.0 Å². The predicted octanol–water partition coefficient (Wildman–Crippen LogP) is 1.72. The fourth-order valence-corrected chi connectivity index (χ4v) is 2.55. The molecule has 1 unspecified atom stereocenters. The van der Waals surface area contributed by atoms with E-state index in [0.717, 1.165) is 24.2 Å². The number of carboxylic acids is 1. The Labute approximate surface area is 123 Å². The molecule has 1 saturated heterocycles. The van der Waals surface area contributed by atoms with Gasteiger partial charge in [-0.25, -0.2) is 0 Å². The van der Waals surface area contributed by atoms with Crippen LogP contribution in [0.1, 0.15) is 42.1 Å². The molecule has 2 rings (SSSR count). The van der Waals surface area contributed by atoms with Gasteiger partial charge in [-0.1, -0.05) is 13.8 Å². The number of carbonyl (C=O) groups is 2. The van der Waals surface area contributed by atoms with Gasteiger partial charge in [0.2, 0.25) is 0 Å². The first-order chi connectivity index (χ1) is 10.0. The monoisotopic (exact) mass is 295 g/mol. The third-order valence-corrected chi connectivity index (χ3v) is 3.64. The van der Waals surface area contributed by atoms with Crippen LogP contribution in [0.15, 0.2) is 10.5 Å². The first-order valence-corrected chi connectivity index (χ1v) is 7.29. The average molecular weight is 295 g/mol. The molecule has 0 aliphatic carbocycles. The third kappa shape index (κ3) is 3.64. The van der Waals surface area contributed by atoms with Gasteiger partial charge in [0.15, 0.2) is 5.76 Å². The molecule has 0 bridgehead atoms. The SMILES string of the molecule is CCc1cc(C(=O)N2CCOC(CC(=O)O)C2)oc1CC. The van der Waals surface area contributed by atoms with E-state index in [2.05, 4.69) is 0 Å². The summed E-state index contributed by atoms with van der Waals surface area (Å²) in [5.41, 5.74) is 1.05. The van der Waals surface area contributed by atoms with Crippen LogP contribution in [0.2, 0.25) is 0 Å². The van der Waals surface area contributed by atoms with Crippen molar-refractivity contribution in [3.63, 3.8) is 0 Å². The smallest absolute Gasteiger partial charge is 0.306 e. The molecule has 2 heterocycles. The van der Waals surface area contributed by atoms with Gasteiger partial charge in [0.05, 0.1) is 19.1 Å². The number of hydrogen-bond donors (Lipinski definition) is 1. The van der Waals surface area contributed by atoms with Crippen LogP contribution < -0.4 is 0 Å². The molecule has 0 saturated carbocycles. The number of carboxylic acid groups (broad SMARTS) is 1. The van der Waals surface area contributed by atoms with Crippen molar-refractivity contribution in [2.24, 2.45) is 0 Å². The van der Waals surface area contributed by atoms with Crippen LogP contribution in [0.3, 0.4) is 0 Å². The van der Waals surface area contributed by atoms with Gasteiger partial charge in [0.25, 0.3) is 5.91 Å². The van der Waals surface area contributed by atoms with Crippen LogP contribution in [0, 0.1) is 0 Å². The van der Waals surface area contributed by atoms with E-state index in [9.17, 15) is 9.59 Å².